The summed E-state index contributed by atoms with van der Waals surface area (Å²) >= 11 is 14.5. The molecule has 2 rings (SSSR count). The highest BCUT2D eigenvalue weighted by molar-refractivity contribution is 9.10. The molecule has 0 heterocycles. The van der Waals surface area contributed by atoms with Crippen LogP contribution in [0.3, 0.4) is 0 Å². The summed E-state index contributed by atoms with van der Waals surface area (Å²) in [5, 5.41) is 11.1. The van der Waals surface area contributed by atoms with E-state index in [0.29, 0.717) is 0 Å². The van der Waals surface area contributed by atoms with Gasteiger partial charge in [-0.3, -0.25) is 10.1 Å². The first-order valence-electron chi connectivity index (χ1n) is 5.15. The molecule has 0 saturated heterocycles. The molecule has 104 valence electrons. The van der Waals surface area contributed by atoms with Crippen LogP contribution in [0.5, 0.6) is 11.5 Å². The lowest BCUT2D eigenvalue weighted by atomic mass is 10.3. The first-order chi connectivity index (χ1) is 9.38. The van der Waals surface area contributed by atoms with E-state index >= 15 is 0 Å². The van der Waals surface area contributed by atoms with Crippen LogP contribution in [-0.4, -0.2) is 4.92 Å². The van der Waals surface area contributed by atoms with Crippen LogP contribution in [0.1, 0.15) is 0 Å². The maximum atomic E-state index is 13.1. The van der Waals surface area contributed by atoms with Crippen molar-refractivity contribution in [3.05, 3.63) is 60.8 Å². The molecule has 0 fully saturated rings. The molecule has 8 heteroatoms. The molecular weight excluding hydrogens is 376 g/mol. The first kappa shape index (κ1) is 15.0. The molecule has 0 spiro atoms. The smallest absolute Gasteiger partial charge is 0.313 e. The first-order valence-corrected chi connectivity index (χ1v) is 6.69. The van der Waals surface area contributed by atoms with Crippen LogP contribution in [-0.2, 0) is 0 Å². The van der Waals surface area contributed by atoms with Crippen LogP contribution < -0.4 is 4.74 Å². The van der Waals surface area contributed by atoms with Crippen LogP contribution in [0.25, 0.3) is 0 Å². The third kappa shape index (κ3) is 3.20. The molecule has 0 N–H and O–H groups in total. The van der Waals surface area contributed by atoms with Gasteiger partial charge in [0.05, 0.1) is 19.4 Å². The van der Waals surface area contributed by atoms with E-state index in [2.05, 4.69) is 15.9 Å². The highest BCUT2D eigenvalue weighted by Gasteiger charge is 2.19. The lowest BCUT2D eigenvalue weighted by Gasteiger charge is -2.08. The minimum atomic E-state index is -0.643. The van der Waals surface area contributed by atoms with Crippen molar-refractivity contribution in [1.29, 1.82) is 0 Å². The lowest BCUT2D eigenvalue weighted by molar-refractivity contribution is -0.385. The summed E-state index contributed by atoms with van der Waals surface area (Å²) in [6.45, 7) is 0. The SMILES string of the molecule is O=[N+]([O-])c1cc(Cl)c(Cl)cc1Oc1ccc(F)c(Br)c1. The Bertz CT molecular complexity index is 697. The third-order valence-electron chi connectivity index (χ3n) is 2.32. The molecular formula is C12H5BrCl2FNO3. The zero-order valence-electron chi connectivity index (χ0n) is 9.57. The van der Waals surface area contributed by atoms with Crippen molar-refractivity contribution < 1.29 is 14.1 Å². The molecule has 20 heavy (non-hydrogen) atoms. The predicted molar refractivity (Wildman–Crippen MR) is 77.3 cm³/mol. The van der Waals surface area contributed by atoms with Crippen molar-refractivity contribution in [2.75, 3.05) is 0 Å². The Morgan fingerprint density at radius 3 is 2.45 bits per heavy atom. The van der Waals surface area contributed by atoms with E-state index in [0.717, 1.165) is 6.07 Å². The number of hydrogen-bond acceptors (Lipinski definition) is 3. The fourth-order valence-corrected chi connectivity index (χ4v) is 2.08. The van der Waals surface area contributed by atoms with Gasteiger partial charge in [-0.25, -0.2) is 4.39 Å². The van der Waals surface area contributed by atoms with Crippen LogP contribution >= 0.6 is 39.1 Å². The highest BCUT2D eigenvalue weighted by Crippen LogP contribution is 2.38. The zero-order chi connectivity index (χ0) is 14.9. The number of rotatable bonds is 3. The molecule has 2 aromatic carbocycles. The number of halogens is 4. The van der Waals surface area contributed by atoms with Gasteiger partial charge in [-0.05, 0) is 34.1 Å². The summed E-state index contributed by atoms with van der Waals surface area (Å²) < 4.78 is 18.7. The fraction of sp³-hybridized carbons (Fsp3) is 0. The van der Waals surface area contributed by atoms with Crippen molar-refractivity contribution in [2.24, 2.45) is 0 Å². The standard InChI is InChI=1S/C12H5BrCl2FNO3/c13-7-3-6(1-2-10(7)16)20-12-5-9(15)8(14)4-11(12)17(18)19/h1-5H. The molecule has 0 aliphatic rings. The van der Waals surface area contributed by atoms with Crippen LogP contribution in [0.4, 0.5) is 10.1 Å². The van der Waals surface area contributed by atoms with E-state index in [1.165, 1.54) is 24.3 Å². The Morgan fingerprint density at radius 1 is 1.20 bits per heavy atom. The summed E-state index contributed by atoms with van der Waals surface area (Å²) in [4.78, 5) is 10.3. The predicted octanol–water partition coefficient (Wildman–Crippen LogP) is 5.60. The van der Waals surface area contributed by atoms with Crippen LogP contribution in [0.15, 0.2) is 34.8 Å². The second-order valence-corrected chi connectivity index (χ2v) is 5.34. The second-order valence-electron chi connectivity index (χ2n) is 3.67. The van der Waals surface area contributed by atoms with Crippen molar-refractivity contribution in [3.8, 4) is 11.5 Å². The number of hydrogen-bond donors (Lipinski definition) is 0. The van der Waals surface area contributed by atoms with E-state index in [1.807, 2.05) is 0 Å². The minimum absolute atomic E-state index is 0.0472. The highest BCUT2D eigenvalue weighted by atomic mass is 79.9. The maximum Gasteiger partial charge on any atom is 0.313 e. The van der Waals surface area contributed by atoms with Gasteiger partial charge in [-0.15, -0.1) is 0 Å². The molecule has 0 unspecified atom stereocenters. The molecule has 2 aromatic rings. The lowest BCUT2D eigenvalue weighted by Crippen LogP contribution is -1.94. The molecule has 0 bridgehead atoms. The van der Waals surface area contributed by atoms with Gasteiger partial charge in [0, 0.05) is 12.1 Å². The molecule has 0 atom stereocenters. The van der Waals surface area contributed by atoms with Gasteiger partial charge in [0.1, 0.15) is 11.6 Å². The Kier molecular flexibility index (Phi) is 4.47. The number of nitro benzene ring substituents is 1. The largest absolute Gasteiger partial charge is 0.450 e. The molecule has 4 nitrogen and oxygen atoms in total. The summed E-state index contributed by atoms with van der Waals surface area (Å²) in [6, 6.07) is 6.19. The average Bonchev–Trinajstić information content (AvgIpc) is 2.37. The Labute approximate surface area is 131 Å². The summed E-state index contributed by atoms with van der Waals surface area (Å²) in [7, 11) is 0. The summed E-state index contributed by atoms with van der Waals surface area (Å²) in [5.74, 6) is -0.330. The van der Waals surface area contributed by atoms with E-state index in [1.54, 1.807) is 0 Å². The monoisotopic (exact) mass is 379 g/mol. The Balaban J connectivity index is 2.44. The number of nitro groups is 1. The zero-order valence-corrected chi connectivity index (χ0v) is 12.7. The Morgan fingerprint density at radius 2 is 1.85 bits per heavy atom. The van der Waals surface area contributed by atoms with Gasteiger partial charge in [-0.2, -0.15) is 0 Å². The van der Waals surface area contributed by atoms with E-state index in [4.69, 9.17) is 27.9 Å². The van der Waals surface area contributed by atoms with Gasteiger partial charge in [-0.1, -0.05) is 23.2 Å². The van der Waals surface area contributed by atoms with Crippen molar-refractivity contribution in [1.82, 2.24) is 0 Å². The van der Waals surface area contributed by atoms with Gasteiger partial charge < -0.3 is 4.74 Å². The minimum Gasteiger partial charge on any atom is -0.450 e. The Hall–Kier alpha value is -1.37. The molecule has 0 aliphatic carbocycles. The summed E-state index contributed by atoms with van der Waals surface area (Å²) in [5.41, 5.74) is -0.333. The fourth-order valence-electron chi connectivity index (χ4n) is 1.41. The quantitative estimate of drug-likeness (QED) is 0.514. The van der Waals surface area contributed by atoms with Gasteiger partial charge in [0.2, 0.25) is 5.75 Å². The number of ether oxygens (including phenoxy) is 1. The van der Waals surface area contributed by atoms with Crippen molar-refractivity contribution >= 4 is 44.8 Å². The van der Waals surface area contributed by atoms with Crippen LogP contribution in [0, 0.1) is 15.9 Å². The molecule has 0 aliphatic heterocycles. The van der Waals surface area contributed by atoms with Crippen molar-refractivity contribution in [2.45, 2.75) is 0 Å². The van der Waals surface area contributed by atoms with E-state index in [-0.39, 0.29) is 31.7 Å². The van der Waals surface area contributed by atoms with Gasteiger partial charge in [0.15, 0.2) is 0 Å². The van der Waals surface area contributed by atoms with Crippen LogP contribution in [0.2, 0.25) is 10.0 Å². The molecule has 0 aromatic heterocycles. The maximum absolute atomic E-state index is 13.1. The number of nitrogens with zero attached hydrogens (tertiary/aromatic N) is 1. The topological polar surface area (TPSA) is 52.4 Å². The average molecular weight is 381 g/mol. The normalized spacial score (nSPS) is 10.4. The van der Waals surface area contributed by atoms with Gasteiger partial charge >= 0.3 is 5.69 Å². The summed E-state index contributed by atoms with van der Waals surface area (Å²) in [6.07, 6.45) is 0. The number of benzene rings is 2. The van der Waals surface area contributed by atoms with Crippen molar-refractivity contribution in [3.63, 3.8) is 0 Å². The van der Waals surface area contributed by atoms with E-state index in [9.17, 15) is 14.5 Å². The van der Waals surface area contributed by atoms with Gasteiger partial charge in [0.25, 0.3) is 0 Å². The second kappa shape index (κ2) is 5.95. The van der Waals surface area contributed by atoms with E-state index < -0.39 is 10.7 Å². The molecule has 0 saturated carbocycles. The molecule has 0 amide bonds. The molecule has 0 radical (unpaired) electrons. The third-order valence-corrected chi connectivity index (χ3v) is 3.65.